The van der Waals surface area contributed by atoms with Crippen molar-refractivity contribution in [3.8, 4) is 0 Å². The minimum absolute atomic E-state index is 0.0564. The Hall–Kier alpha value is -2.11. The average Bonchev–Trinajstić information content (AvgIpc) is 2.28. The van der Waals surface area contributed by atoms with E-state index in [-0.39, 0.29) is 11.6 Å². The molecule has 0 aliphatic heterocycles. The Bertz CT molecular complexity index is 472. The van der Waals surface area contributed by atoms with Crippen molar-refractivity contribution in [2.45, 2.75) is 20.8 Å². The molecule has 0 atom stereocenters. The van der Waals surface area contributed by atoms with Crippen molar-refractivity contribution in [3.05, 3.63) is 33.4 Å². The number of rotatable bonds is 5. The van der Waals surface area contributed by atoms with Crippen molar-refractivity contribution in [3.63, 3.8) is 0 Å². The van der Waals surface area contributed by atoms with Crippen molar-refractivity contribution in [2.24, 2.45) is 0 Å². The summed E-state index contributed by atoms with van der Waals surface area (Å²) in [5.41, 5.74) is 2.41. The summed E-state index contributed by atoms with van der Waals surface area (Å²) in [6.07, 6.45) is 0. The average molecular weight is 251 g/mol. The Morgan fingerprint density at radius 1 is 1.28 bits per heavy atom. The normalized spacial score (nSPS) is 9.94. The van der Waals surface area contributed by atoms with E-state index in [1.54, 1.807) is 12.1 Å². The summed E-state index contributed by atoms with van der Waals surface area (Å²) < 4.78 is 0. The van der Waals surface area contributed by atoms with E-state index < -0.39 is 4.92 Å². The first kappa shape index (κ1) is 14.0. The number of nitro benzene ring substituents is 1. The first-order valence-corrected chi connectivity index (χ1v) is 5.65. The molecular weight excluding hydrogens is 234 g/mol. The van der Waals surface area contributed by atoms with Gasteiger partial charge in [0.2, 0.25) is 5.91 Å². The standard InChI is InChI=1S/C12H17N3O3/c1-8-6-11(14-5-4-13-10(3)16)12(15(17)18)7-9(8)2/h6-7,14H,4-5H2,1-3H3,(H,13,16). The van der Waals surface area contributed by atoms with Gasteiger partial charge >= 0.3 is 0 Å². The molecule has 6 heteroatoms. The summed E-state index contributed by atoms with van der Waals surface area (Å²) in [5.74, 6) is -0.119. The van der Waals surface area contributed by atoms with E-state index in [0.717, 1.165) is 11.1 Å². The third-order valence-corrected chi connectivity index (χ3v) is 2.62. The van der Waals surface area contributed by atoms with Crippen molar-refractivity contribution in [1.82, 2.24) is 5.32 Å². The zero-order valence-corrected chi connectivity index (χ0v) is 10.7. The zero-order valence-electron chi connectivity index (χ0n) is 10.7. The number of nitrogens with one attached hydrogen (secondary N) is 2. The molecule has 1 amide bonds. The SMILES string of the molecule is CC(=O)NCCNc1cc(C)c(C)cc1[N+](=O)[O-]. The number of nitro groups is 1. The minimum atomic E-state index is -0.410. The Kier molecular flexibility index (Phi) is 4.65. The highest BCUT2D eigenvalue weighted by Crippen LogP contribution is 2.27. The molecule has 0 radical (unpaired) electrons. The molecular formula is C12H17N3O3. The number of aryl methyl sites for hydroxylation is 2. The molecule has 2 N–H and O–H groups in total. The lowest BCUT2D eigenvalue weighted by Crippen LogP contribution is -2.26. The van der Waals surface area contributed by atoms with Gasteiger partial charge in [-0.1, -0.05) is 0 Å². The topological polar surface area (TPSA) is 84.3 Å². The van der Waals surface area contributed by atoms with E-state index in [0.29, 0.717) is 18.8 Å². The Morgan fingerprint density at radius 3 is 2.44 bits per heavy atom. The van der Waals surface area contributed by atoms with Gasteiger partial charge in [-0.3, -0.25) is 14.9 Å². The Balaban J connectivity index is 2.77. The predicted octanol–water partition coefficient (Wildman–Crippen LogP) is 1.76. The second kappa shape index (κ2) is 6.00. The number of hydrogen-bond donors (Lipinski definition) is 2. The van der Waals surface area contributed by atoms with E-state index >= 15 is 0 Å². The maximum atomic E-state index is 10.9. The summed E-state index contributed by atoms with van der Waals surface area (Å²) >= 11 is 0. The molecule has 6 nitrogen and oxygen atoms in total. The van der Waals surface area contributed by atoms with Crippen molar-refractivity contribution in [1.29, 1.82) is 0 Å². The maximum absolute atomic E-state index is 10.9. The molecule has 0 bridgehead atoms. The Morgan fingerprint density at radius 2 is 1.89 bits per heavy atom. The van der Waals surface area contributed by atoms with Crippen molar-refractivity contribution in [2.75, 3.05) is 18.4 Å². The first-order valence-electron chi connectivity index (χ1n) is 5.65. The third-order valence-electron chi connectivity index (χ3n) is 2.62. The van der Waals surface area contributed by atoms with E-state index in [2.05, 4.69) is 10.6 Å². The van der Waals surface area contributed by atoms with Gasteiger partial charge in [0, 0.05) is 26.1 Å². The van der Waals surface area contributed by atoms with Gasteiger partial charge in [-0.25, -0.2) is 0 Å². The molecule has 98 valence electrons. The second-order valence-corrected chi connectivity index (χ2v) is 4.12. The van der Waals surface area contributed by atoms with E-state index in [1.165, 1.54) is 6.92 Å². The monoisotopic (exact) mass is 251 g/mol. The van der Waals surface area contributed by atoms with Gasteiger partial charge in [-0.05, 0) is 31.0 Å². The third kappa shape index (κ3) is 3.73. The van der Waals surface area contributed by atoms with Gasteiger partial charge in [0.05, 0.1) is 4.92 Å². The highest BCUT2D eigenvalue weighted by Gasteiger charge is 2.14. The highest BCUT2D eigenvalue weighted by molar-refractivity contribution is 5.72. The second-order valence-electron chi connectivity index (χ2n) is 4.12. The van der Waals surface area contributed by atoms with E-state index in [4.69, 9.17) is 0 Å². The number of amides is 1. The fraction of sp³-hybridized carbons (Fsp3) is 0.417. The number of carbonyl (C=O) groups is 1. The summed E-state index contributed by atoms with van der Waals surface area (Å²) in [6, 6.07) is 3.30. The molecule has 18 heavy (non-hydrogen) atoms. The van der Waals surface area contributed by atoms with Crippen LogP contribution in [0, 0.1) is 24.0 Å². The number of carbonyl (C=O) groups excluding carboxylic acids is 1. The smallest absolute Gasteiger partial charge is 0.292 e. The lowest BCUT2D eigenvalue weighted by Gasteiger charge is -2.09. The van der Waals surface area contributed by atoms with Gasteiger partial charge in [0.25, 0.3) is 5.69 Å². The minimum Gasteiger partial charge on any atom is -0.378 e. The largest absolute Gasteiger partial charge is 0.378 e. The zero-order chi connectivity index (χ0) is 13.7. The van der Waals surface area contributed by atoms with Gasteiger partial charge in [-0.15, -0.1) is 0 Å². The van der Waals surface area contributed by atoms with Crippen LogP contribution in [0.15, 0.2) is 12.1 Å². The van der Waals surface area contributed by atoms with Gasteiger partial charge in [-0.2, -0.15) is 0 Å². The number of benzene rings is 1. The van der Waals surface area contributed by atoms with Crippen LogP contribution in [0.25, 0.3) is 0 Å². The van der Waals surface area contributed by atoms with Gasteiger partial charge in [0.1, 0.15) is 5.69 Å². The summed E-state index contributed by atoms with van der Waals surface area (Å²) in [6.45, 7) is 6.04. The van der Waals surface area contributed by atoms with Crippen LogP contribution in [-0.2, 0) is 4.79 Å². The predicted molar refractivity (Wildman–Crippen MR) is 69.7 cm³/mol. The first-order chi connectivity index (χ1) is 8.41. The summed E-state index contributed by atoms with van der Waals surface area (Å²) in [7, 11) is 0. The quantitative estimate of drug-likeness (QED) is 0.474. The molecule has 0 saturated carbocycles. The van der Waals surface area contributed by atoms with Gasteiger partial charge < -0.3 is 10.6 Å². The van der Waals surface area contributed by atoms with Crippen LogP contribution in [0.4, 0.5) is 11.4 Å². The summed E-state index contributed by atoms with van der Waals surface area (Å²) in [4.78, 5) is 21.2. The molecule has 0 saturated heterocycles. The fourth-order valence-corrected chi connectivity index (χ4v) is 1.53. The van der Waals surface area contributed by atoms with Crippen LogP contribution in [0.2, 0.25) is 0 Å². The molecule has 0 heterocycles. The molecule has 1 aromatic rings. The van der Waals surface area contributed by atoms with Crippen LogP contribution in [0.5, 0.6) is 0 Å². The lowest BCUT2D eigenvalue weighted by molar-refractivity contribution is -0.384. The van der Waals surface area contributed by atoms with Crippen molar-refractivity contribution < 1.29 is 9.72 Å². The molecule has 0 aromatic heterocycles. The lowest BCUT2D eigenvalue weighted by atomic mass is 10.1. The van der Waals surface area contributed by atoms with E-state index in [9.17, 15) is 14.9 Å². The fourth-order valence-electron chi connectivity index (χ4n) is 1.53. The molecule has 1 aromatic carbocycles. The molecule has 1 rings (SSSR count). The molecule has 0 spiro atoms. The number of nitrogens with zero attached hydrogens (tertiary/aromatic N) is 1. The van der Waals surface area contributed by atoms with Crippen LogP contribution in [-0.4, -0.2) is 23.9 Å². The van der Waals surface area contributed by atoms with Crippen LogP contribution < -0.4 is 10.6 Å². The van der Waals surface area contributed by atoms with Crippen LogP contribution in [0.1, 0.15) is 18.1 Å². The molecule has 0 aliphatic rings. The molecule has 0 aliphatic carbocycles. The highest BCUT2D eigenvalue weighted by atomic mass is 16.6. The van der Waals surface area contributed by atoms with Gasteiger partial charge in [0.15, 0.2) is 0 Å². The molecule has 0 unspecified atom stereocenters. The number of hydrogen-bond acceptors (Lipinski definition) is 4. The molecule has 0 fully saturated rings. The van der Waals surface area contributed by atoms with Crippen LogP contribution >= 0.6 is 0 Å². The maximum Gasteiger partial charge on any atom is 0.292 e. The van der Waals surface area contributed by atoms with Crippen molar-refractivity contribution >= 4 is 17.3 Å². The Labute approximate surface area is 106 Å². The number of anilines is 1. The summed E-state index contributed by atoms with van der Waals surface area (Å²) in [5, 5.41) is 16.5. The van der Waals surface area contributed by atoms with Crippen LogP contribution in [0.3, 0.4) is 0 Å². The van der Waals surface area contributed by atoms with E-state index in [1.807, 2.05) is 13.8 Å².